The number of hydrogen-bond acceptors (Lipinski definition) is 6. The summed E-state index contributed by atoms with van der Waals surface area (Å²) in [4.78, 5) is 24.8. The van der Waals surface area contributed by atoms with Gasteiger partial charge in [0.1, 0.15) is 12.4 Å². The lowest BCUT2D eigenvalue weighted by Crippen LogP contribution is -2.22. The second-order valence-corrected chi connectivity index (χ2v) is 7.01. The minimum atomic E-state index is -0.656. The number of carbonyl (C=O) groups is 2. The summed E-state index contributed by atoms with van der Waals surface area (Å²) in [5.74, 6) is 0.198. The Morgan fingerprint density at radius 2 is 1.84 bits per heavy atom. The highest BCUT2D eigenvalue weighted by atomic mass is 16.5. The lowest BCUT2D eigenvalue weighted by atomic mass is 10.2. The number of nitrogens with one attached hydrogen (secondary N) is 1. The van der Waals surface area contributed by atoms with Crippen LogP contribution in [0.15, 0.2) is 61.2 Å². The van der Waals surface area contributed by atoms with Crippen molar-refractivity contribution in [3.8, 4) is 17.2 Å². The van der Waals surface area contributed by atoms with E-state index in [4.69, 9.17) is 14.2 Å². The van der Waals surface area contributed by atoms with Gasteiger partial charge in [0, 0.05) is 6.07 Å². The average Bonchev–Trinajstić information content (AvgIpc) is 3.16. The Labute approximate surface area is 186 Å². The van der Waals surface area contributed by atoms with Crippen molar-refractivity contribution >= 4 is 17.7 Å². The van der Waals surface area contributed by atoms with Crippen LogP contribution in [0.5, 0.6) is 11.5 Å². The van der Waals surface area contributed by atoms with E-state index in [1.165, 1.54) is 19.2 Å². The van der Waals surface area contributed by atoms with E-state index in [-0.39, 0.29) is 5.56 Å². The molecule has 2 aromatic carbocycles. The van der Waals surface area contributed by atoms with E-state index in [2.05, 4.69) is 17.0 Å². The van der Waals surface area contributed by atoms with Crippen LogP contribution in [0.3, 0.4) is 0 Å². The highest BCUT2D eigenvalue weighted by Gasteiger charge is 2.16. The molecule has 3 aromatic rings. The fourth-order valence-electron chi connectivity index (χ4n) is 2.93. The molecule has 0 unspecified atom stereocenters. The maximum absolute atomic E-state index is 12.4. The summed E-state index contributed by atoms with van der Waals surface area (Å²) in [7, 11) is 1.47. The fraction of sp³-hybridized carbons (Fsp3) is 0.208. The Morgan fingerprint density at radius 1 is 1.09 bits per heavy atom. The number of ether oxygens (including phenoxy) is 3. The number of carbonyl (C=O) groups excluding carboxylic acids is 2. The van der Waals surface area contributed by atoms with Crippen molar-refractivity contribution in [3.05, 3.63) is 78.0 Å². The van der Waals surface area contributed by atoms with Crippen molar-refractivity contribution in [3.63, 3.8) is 0 Å². The minimum absolute atomic E-state index is 0.237. The molecule has 0 saturated carbocycles. The first kappa shape index (κ1) is 22.6. The number of benzene rings is 2. The number of methoxy groups -OCH3 is 1. The number of hydrogen-bond donors (Lipinski definition) is 1. The van der Waals surface area contributed by atoms with E-state index < -0.39 is 18.5 Å². The summed E-state index contributed by atoms with van der Waals surface area (Å²) in [6, 6.07) is 14.1. The van der Waals surface area contributed by atoms with Crippen LogP contribution in [0.1, 0.15) is 21.6 Å². The van der Waals surface area contributed by atoms with E-state index in [0.717, 1.165) is 16.9 Å². The third-order valence-electron chi connectivity index (χ3n) is 4.47. The number of esters is 1. The number of nitrogens with zero attached hydrogens (tertiary/aromatic N) is 2. The first-order valence-electron chi connectivity index (χ1n) is 9.93. The zero-order chi connectivity index (χ0) is 23.1. The molecule has 0 aliphatic carbocycles. The summed E-state index contributed by atoms with van der Waals surface area (Å²) in [6.07, 6.45) is 1.60. The maximum Gasteiger partial charge on any atom is 0.338 e. The summed E-state index contributed by atoms with van der Waals surface area (Å²) >= 11 is 0. The standard InChI is InChI=1S/C24H25N3O5/c1-5-12-31-20-11-8-18(14-21(20)30-4)24(29)32-15-23(28)25-22-13-17(3)26-27(22)19-9-6-16(2)7-10-19/h5-11,13-14H,1,12,15H2,2-4H3,(H,25,28). The van der Waals surface area contributed by atoms with Crippen molar-refractivity contribution in [2.75, 3.05) is 25.6 Å². The molecule has 0 atom stereocenters. The summed E-state index contributed by atoms with van der Waals surface area (Å²) < 4.78 is 17.5. The molecule has 0 saturated heterocycles. The number of aryl methyl sites for hydroxylation is 2. The maximum atomic E-state index is 12.4. The molecule has 0 bridgehead atoms. The first-order chi connectivity index (χ1) is 15.4. The molecule has 8 nitrogen and oxygen atoms in total. The SMILES string of the molecule is C=CCOc1ccc(C(=O)OCC(=O)Nc2cc(C)nn2-c2ccc(C)cc2)cc1OC. The van der Waals surface area contributed by atoms with Crippen molar-refractivity contribution in [2.45, 2.75) is 13.8 Å². The second kappa shape index (κ2) is 10.3. The Hall–Kier alpha value is -4.07. The van der Waals surface area contributed by atoms with Crippen LogP contribution in [0.2, 0.25) is 0 Å². The number of anilines is 1. The van der Waals surface area contributed by atoms with Gasteiger partial charge in [0.25, 0.3) is 5.91 Å². The largest absolute Gasteiger partial charge is 0.493 e. The third kappa shape index (κ3) is 5.54. The first-order valence-corrected chi connectivity index (χ1v) is 9.93. The second-order valence-electron chi connectivity index (χ2n) is 7.01. The lowest BCUT2D eigenvalue weighted by Gasteiger charge is -2.11. The normalized spacial score (nSPS) is 10.3. The predicted octanol–water partition coefficient (Wildman–Crippen LogP) is 3.86. The van der Waals surface area contributed by atoms with Crippen molar-refractivity contribution in [1.82, 2.24) is 9.78 Å². The summed E-state index contributed by atoms with van der Waals surface area (Å²) in [5.41, 5.74) is 2.90. The molecule has 8 heteroatoms. The molecular weight excluding hydrogens is 410 g/mol. The van der Waals surface area contributed by atoms with Crippen molar-refractivity contribution in [1.29, 1.82) is 0 Å². The Balaban J connectivity index is 1.64. The molecule has 0 spiro atoms. The molecule has 0 aliphatic rings. The molecule has 3 rings (SSSR count). The van der Waals surface area contributed by atoms with Gasteiger partial charge in [0.15, 0.2) is 18.1 Å². The molecule has 1 N–H and O–H groups in total. The molecule has 0 aliphatic heterocycles. The third-order valence-corrected chi connectivity index (χ3v) is 4.47. The molecular formula is C24H25N3O5. The van der Waals surface area contributed by atoms with Crippen LogP contribution in [-0.2, 0) is 9.53 Å². The lowest BCUT2D eigenvalue weighted by molar-refractivity contribution is -0.119. The van der Waals surface area contributed by atoms with Gasteiger partial charge in [0.2, 0.25) is 0 Å². The van der Waals surface area contributed by atoms with E-state index in [1.807, 2.05) is 38.1 Å². The Bertz CT molecular complexity index is 1120. The van der Waals surface area contributed by atoms with Crippen molar-refractivity contribution in [2.24, 2.45) is 0 Å². The zero-order valence-corrected chi connectivity index (χ0v) is 18.3. The summed E-state index contributed by atoms with van der Waals surface area (Å²) in [5, 5.41) is 7.15. The highest BCUT2D eigenvalue weighted by Crippen LogP contribution is 2.28. The Morgan fingerprint density at radius 3 is 2.53 bits per heavy atom. The molecule has 1 amide bonds. The van der Waals surface area contributed by atoms with E-state index in [0.29, 0.717) is 23.9 Å². The van der Waals surface area contributed by atoms with Crippen LogP contribution in [0.4, 0.5) is 5.82 Å². The van der Waals surface area contributed by atoms with Crippen LogP contribution < -0.4 is 14.8 Å². The molecule has 166 valence electrons. The fourth-order valence-corrected chi connectivity index (χ4v) is 2.93. The van der Waals surface area contributed by atoms with Gasteiger partial charge >= 0.3 is 5.97 Å². The predicted molar refractivity (Wildman–Crippen MR) is 121 cm³/mol. The molecule has 32 heavy (non-hydrogen) atoms. The van der Waals surface area contributed by atoms with Crippen LogP contribution in [0.25, 0.3) is 5.69 Å². The smallest absolute Gasteiger partial charge is 0.338 e. The van der Waals surface area contributed by atoms with Gasteiger partial charge in [-0.25, -0.2) is 9.48 Å². The van der Waals surface area contributed by atoms with Gasteiger partial charge < -0.3 is 19.5 Å². The molecule has 1 aromatic heterocycles. The number of amides is 1. The van der Waals surface area contributed by atoms with Gasteiger partial charge in [-0.15, -0.1) is 0 Å². The molecule has 0 fully saturated rings. The van der Waals surface area contributed by atoms with Gasteiger partial charge in [-0.2, -0.15) is 5.10 Å². The van der Waals surface area contributed by atoms with Crippen molar-refractivity contribution < 1.29 is 23.8 Å². The molecule has 0 radical (unpaired) electrons. The number of aromatic nitrogens is 2. The minimum Gasteiger partial charge on any atom is -0.493 e. The van der Waals surface area contributed by atoms with Gasteiger partial charge in [-0.05, 0) is 44.2 Å². The summed E-state index contributed by atoms with van der Waals surface area (Å²) in [6.45, 7) is 7.27. The van der Waals surface area contributed by atoms with Crippen LogP contribution >= 0.6 is 0 Å². The topological polar surface area (TPSA) is 91.7 Å². The quantitative estimate of drug-likeness (QED) is 0.405. The molecule has 1 heterocycles. The van der Waals surface area contributed by atoms with Crippen LogP contribution in [0, 0.1) is 13.8 Å². The van der Waals surface area contributed by atoms with E-state index >= 15 is 0 Å². The van der Waals surface area contributed by atoms with Gasteiger partial charge in [-0.3, -0.25) is 4.79 Å². The number of rotatable bonds is 9. The highest BCUT2D eigenvalue weighted by molar-refractivity contribution is 5.95. The monoisotopic (exact) mass is 435 g/mol. The van der Waals surface area contributed by atoms with Gasteiger partial charge in [-0.1, -0.05) is 30.4 Å². The van der Waals surface area contributed by atoms with E-state index in [1.54, 1.807) is 22.9 Å². The Kier molecular flexibility index (Phi) is 7.28. The van der Waals surface area contributed by atoms with Crippen LogP contribution in [-0.4, -0.2) is 42.0 Å². The average molecular weight is 435 g/mol. The van der Waals surface area contributed by atoms with Gasteiger partial charge in [0.05, 0.1) is 24.1 Å². The van der Waals surface area contributed by atoms with E-state index in [9.17, 15) is 9.59 Å². The zero-order valence-electron chi connectivity index (χ0n) is 18.3.